The van der Waals surface area contributed by atoms with E-state index >= 15 is 0 Å². The third kappa shape index (κ3) is 7.43. The minimum Gasteiger partial charge on any atom is -0.492 e. The second kappa shape index (κ2) is 11.8. The number of benzene rings is 1. The molecular weight excluding hydrogens is 524 g/mol. The number of nitrogens with one attached hydrogen (secondary N) is 2. The summed E-state index contributed by atoms with van der Waals surface area (Å²) in [7, 11) is 1.65. The number of aliphatic imine (C=N–C) groups is 1. The molecule has 1 aromatic carbocycles. The van der Waals surface area contributed by atoms with Gasteiger partial charge in [0.2, 0.25) is 5.91 Å². The number of carbonyl (C=O) groups is 1. The molecule has 1 amide bonds. The first-order valence-corrected chi connectivity index (χ1v) is 10.4. The summed E-state index contributed by atoms with van der Waals surface area (Å²) in [5.41, 5.74) is -0.733. The lowest BCUT2D eigenvalue weighted by Crippen LogP contribution is -2.46. The number of alkyl halides is 3. The maximum atomic E-state index is 12.8. The molecule has 2 aliphatic rings. The van der Waals surface area contributed by atoms with Crippen molar-refractivity contribution in [2.45, 2.75) is 44.3 Å². The van der Waals surface area contributed by atoms with Gasteiger partial charge in [0.15, 0.2) is 5.96 Å². The van der Waals surface area contributed by atoms with Crippen molar-refractivity contribution in [3.8, 4) is 5.75 Å². The van der Waals surface area contributed by atoms with Gasteiger partial charge in [0.25, 0.3) is 0 Å². The van der Waals surface area contributed by atoms with Gasteiger partial charge in [-0.15, -0.1) is 24.0 Å². The minimum absolute atomic E-state index is 0. The summed E-state index contributed by atoms with van der Waals surface area (Å²) < 4.78 is 43.7. The van der Waals surface area contributed by atoms with Crippen LogP contribution in [-0.2, 0) is 11.0 Å². The Labute approximate surface area is 198 Å². The first kappa shape index (κ1) is 25.5. The molecule has 31 heavy (non-hydrogen) atoms. The normalized spacial score (nSPS) is 19.8. The zero-order chi connectivity index (χ0) is 21.6. The molecule has 1 unspecified atom stereocenters. The summed E-state index contributed by atoms with van der Waals surface area (Å²) in [5.74, 6) is 1.22. The topological polar surface area (TPSA) is 66.0 Å². The number of rotatable bonds is 6. The zero-order valence-electron chi connectivity index (χ0n) is 17.6. The van der Waals surface area contributed by atoms with E-state index in [0.717, 1.165) is 50.8 Å². The Morgan fingerprint density at radius 2 is 2.00 bits per heavy atom. The number of guanidine groups is 1. The largest absolute Gasteiger partial charge is 0.492 e. The standard InChI is InChI=1S/C21H29F3N4O2.HI/c1-25-20(26-10-12-30-18-8-4-7-16(13-18)21(22,23)24)27-17-9-11-28(14-17)19(29)15-5-2-3-6-15;/h4,7-8,13,15,17H,2-3,5-6,9-12,14H2,1H3,(H2,25,26,27);1H. The minimum atomic E-state index is -4.39. The molecule has 0 bridgehead atoms. The molecule has 2 N–H and O–H groups in total. The second-order valence-corrected chi connectivity index (χ2v) is 7.77. The quantitative estimate of drug-likeness (QED) is 0.244. The first-order valence-electron chi connectivity index (χ1n) is 10.4. The first-order chi connectivity index (χ1) is 14.4. The lowest BCUT2D eigenvalue weighted by Gasteiger charge is -2.21. The summed E-state index contributed by atoms with van der Waals surface area (Å²) in [6.45, 7) is 1.99. The van der Waals surface area contributed by atoms with Crippen molar-refractivity contribution in [3.63, 3.8) is 0 Å². The van der Waals surface area contributed by atoms with Gasteiger partial charge in [0, 0.05) is 32.1 Å². The smallest absolute Gasteiger partial charge is 0.416 e. The van der Waals surface area contributed by atoms with E-state index in [0.29, 0.717) is 19.0 Å². The molecular formula is C21H30F3IN4O2. The number of carbonyl (C=O) groups excluding carboxylic acids is 1. The molecule has 1 saturated carbocycles. The van der Waals surface area contributed by atoms with E-state index in [4.69, 9.17) is 4.74 Å². The van der Waals surface area contributed by atoms with E-state index in [1.165, 1.54) is 12.1 Å². The van der Waals surface area contributed by atoms with Gasteiger partial charge in [-0.3, -0.25) is 9.79 Å². The van der Waals surface area contributed by atoms with Gasteiger partial charge in [-0.2, -0.15) is 13.2 Å². The van der Waals surface area contributed by atoms with Crippen molar-refractivity contribution in [3.05, 3.63) is 29.8 Å². The van der Waals surface area contributed by atoms with Crippen LogP contribution in [0.2, 0.25) is 0 Å². The summed E-state index contributed by atoms with van der Waals surface area (Å²) in [5, 5.41) is 6.41. The summed E-state index contributed by atoms with van der Waals surface area (Å²) in [6, 6.07) is 4.95. The lowest BCUT2D eigenvalue weighted by molar-refractivity contribution is -0.137. The van der Waals surface area contributed by atoms with Crippen LogP contribution in [0.1, 0.15) is 37.7 Å². The number of ether oxygens (including phenoxy) is 1. The molecule has 1 aliphatic carbocycles. The molecule has 1 aromatic rings. The van der Waals surface area contributed by atoms with E-state index in [9.17, 15) is 18.0 Å². The van der Waals surface area contributed by atoms with Crippen LogP contribution in [0.4, 0.5) is 13.2 Å². The maximum Gasteiger partial charge on any atom is 0.416 e. The van der Waals surface area contributed by atoms with Gasteiger partial charge in [-0.1, -0.05) is 18.9 Å². The highest BCUT2D eigenvalue weighted by Crippen LogP contribution is 2.31. The SMILES string of the molecule is CN=C(NCCOc1cccc(C(F)(F)F)c1)NC1CCN(C(=O)C2CCCC2)C1.I. The van der Waals surface area contributed by atoms with Crippen LogP contribution in [-0.4, -0.2) is 56.1 Å². The van der Waals surface area contributed by atoms with Crippen molar-refractivity contribution in [1.82, 2.24) is 15.5 Å². The Morgan fingerprint density at radius 1 is 1.26 bits per heavy atom. The Hall–Kier alpha value is -1.72. The predicted octanol–water partition coefficient (Wildman–Crippen LogP) is 3.66. The maximum absolute atomic E-state index is 12.8. The van der Waals surface area contributed by atoms with E-state index < -0.39 is 11.7 Å². The van der Waals surface area contributed by atoms with E-state index in [2.05, 4.69) is 15.6 Å². The van der Waals surface area contributed by atoms with Crippen LogP contribution in [0.15, 0.2) is 29.3 Å². The monoisotopic (exact) mass is 554 g/mol. The summed E-state index contributed by atoms with van der Waals surface area (Å²) in [4.78, 5) is 18.7. The van der Waals surface area contributed by atoms with Gasteiger partial charge in [0.1, 0.15) is 12.4 Å². The number of hydrogen-bond acceptors (Lipinski definition) is 3. The Morgan fingerprint density at radius 3 is 2.68 bits per heavy atom. The molecule has 1 heterocycles. The molecule has 0 spiro atoms. The Balaban J connectivity index is 0.00000341. The molecule has 10 heteroatoms. The molecule has 1 atom stereocenters. The zero-order valence-corrected chi connectivity index (χ0v) is 19.9. The van der Waals surface area contributed by atoms with Crippen molar-refractivity contribution < 1.29 is 22.7 Å². The number of nitrogens with zero attached hydrogens (tertiary/aromatic N) is 2. The van der Waals surface area contributed by atoms with Crippen molar-refractivity contribution in [2.24, 2.45) is 10.9 Å². The van der Waals surface area contributed by atoms with Crippen molar-refractivity contribution in [1.29, 1.82) is 0 Å². The molecule has 1 aliphatic heterocycles. The van der Waals surface area contributed by atoms with Crippen LogP contribution in [0.5, 0.6) is 5.75 Å². The highest BCUT2D eigenvalue weighted by molar-refractivity contribution is 14.0. The molecule has 2 fully saturated rings. The van der Waals surface area contributed by atoms with E-state index in [1.54, 1.807) is 7.05 Å². The van der Waals surface area contributed by atoms with Crippen molar-refractivity contribution >= 4 is 35.8 Å². The lowest BCUT2D eigenvalue weighted by atomic mass is 10.1. The van der Waals surface area contributed by atoms with Crippen molar-refractivity contribution in [2.75, 3.05) is 33.3 Å². The van der Waals surface area contributed by atoms with Crippen LogP contribution in [0, 0.1) is 5.92 Å². The average Bonchev–Trinajstić information content (AvgIpc) is 3.41. The fraction of sp³-hybridized carbons (Fsp3) is 0.619. The molecule has 1 saturated heterocycles. The van der Waals surface area contributed by atoms with Gasteiger partial charge in [0.05, 0.1) is 12.1 Å². The fourth-order valence-electron chi connectivity index (χ4n) is 4.00. The van der Waals surface area contributed by atoms with Crippen LogP contribution in [0.3, 0.4) is 0 Å². The van der Waals surface area contributed by atoms with E-state index in [1.807, 2.05) is 4.90 Å². The van der Waals surface area contributed by atoms with Crippen LogP contribution in [0.25, 0.3) is 0 Å². The van der Waals surface area contributed by atoms with Crippen LogP contribution < -0.4 is 15.4 Å². The predicted molar refractivity (Wildman–Crippen MR) is 124 cm³/mol. The van der Waals surface area contributed by atoms with Gasteiger partial charge >= 0.3 is 6.18 Å². The van der Waals surface area contributed by atoms with Gasteiger partial charge < -0.3 is 20.3 Å². The molecule has 0 aromatic heterocycles. The highest BCUT2D eigenvalue weighted by atomic mass is 127. The second-order valence-electron chi connectivity index (χ2n) is 7.77. The van der Waals surface area contributed by atoms with Crippen LogP contribution >= 0.6 is 24.0 Å². The summed E-state index contributed by atoms with van der Waals surface area (Å²) >= 11 is 0. The number of amides is 1. The van der Waals surface area contributed by atoms with Gasteiger partial charge in [-0.25, -0.2) is 0 Å². The summed E-state index contributed by atoms with van der Waals surface area (Å²) in [6.07, 6.45) is 0.763. The number of likely N-dealkylation sites (tertiary alicyclic amines) is 1. The Kier molecular flexibility index (Phi) is 9.70. The highest BCUT2D eigenvalue weighted by Gasteiger charge is 2.32. The molecule has 174 valence electrons. The molecule has 6 nitrogen and oxygen atoms in total. The molecule has 3 rings (SSSR count). The Bertz CT molecular complexity index is 754. The van der Waals surface area contributed by atoms with Gasteiger partial charge in [-0.05, 0) is 37.5 Å². The molecule has 0 radical (unpaired) electrons. The number of halogens is 4. The average molecular weight is 554 g/mol. The number of hydrogen-bond donors (Lipinski definition) is 2. The fourth-order valence-corrected chi connectivity index (χ4v) is 4.00. The van der Waals surface area contributed by atoms with E-state index in [-0.39, 0.29) is 54.2 Å². The third-order valence-corrected chi connectivity index (χ3v) is 5.59. The third-order valence-electron chi connectivity index (χ3n) is 5.59.